The summed E-state index contributed by atoms with van der Waals surface area (Å²) in [5, 5.41) is 7.16. The van der Waals surface area contributed by atoms with E-state index in [9.17, 15) is 4.79 Å². The highest BCUT2D eigenvalue weighted by Crippen LogP contribution is 2.48. The third-order valence-corrected chi connectivity index (χ3v) is 3.84. The Bertz CT molecular complexity index is 460. The van der Waals surface area contributed by atoms with Crippen molar-refractivity contribution in [2.75, 3.05) is 12.3 Å². The number of hydrogen-bond acceptors (Lipinski definition) is 3. The van der Waals surface area contributed by atoms with Crippen molar-refractivity contribution in [2.24, 2.45) is 12.5 Å². The lowest BCUT2D eigenvalue weighted by Gasteiger charge is -2.15. The molecular formula is C13H22N4O. The summed E-state index contributed by atoms with van der Waals surface area (Å²) < 4.78 is 1.55. The van der Waals surface area contributed by atoms with E-state index in [1.54, 1.807) is 11.7 Å². The van der Waals surface area contributed by atoms with E-state index in [1.165, 1.54) is 25.7 Å². The molecule has 1 aliphatic carbocycles. The van der Waals surface area contributed by atoms with Gasteiger partial charge in [-0.2, -0.15) is 5.10 Å². The van der Waals surface area contributed by atoms with Crippen LogP contribution in [0.3, 0.4) is 0 Å². The number of aromatic nitrogens is 2. The van der Waals surface area contributed by atoms with Crippen LogP contribution in [0.2, 0.25) is 0 Å². The molecule has 1 heterocycles. The van der Waals surface area contributed by atoms with Crippen LogP contribution in [-0.2, 0) is 7.05 Å². The van der Waals surface area contributed by atoms with Gasteiger partial charge in [0.15, 0.2) is 0 Å². The van der Waals surface area contributed by atoms with Gasteiger partial charge in [-0.1, -0.05) is 13.3 Å². The Morgan fingerprint density at radius 3 is 2.67 bits per heavy atom. The van der Waals surface area contributed by atoms with Crippen LogP contribution < -0.4 is 11.1 Å². The average Bonchev–Trinajstić information content (AvgIpc) is 3.02. The van der Waals surface area contributed by atoms with Gasteiger partial charge in [-0.15, -0.1) is 0 Å². The van der Waals surface area contributed by atoms with Crippen LogP contribution in [0.15, 0.2) is 0 Å². The third-order valence-electron chi connectivity index (χ3n) is 3.84. The highest BCUT2D eigenvalue weighted by molar-refractivity contribution is 5.97. The van der Waals surface area contributed by atoms with Crippen molar-refractivity contribution in [3.63, 3.8) is 0 Å². The zero-order valence-corrected chi connectivity index (χ0v) is 11.4. The lowest BCUT2D eigenvalue weighted by molar-refractivity contribution is 0.0935. The predicted molar refractivity (Wildman–Crippen MR) is 71.3 cm³/mol. The van der Waals surface area contributed by atoms with E-state index in [-0.39, 0.29) is 5.91 Å². The van der Waals surface area contributed by atoms with Gasteiger partial charge in [-0.05, 0) is 31.6 Å². The largest absolute Gasteiger partial charge is 0.395 e. The number of carbonyl (C=O) groups is 1. The van der Waals surface area contributed by atoms with E-state index in [0.29, 0.717) is 22.5 Å². The molecule has 0 aromatic carbocycles. The smallest absolute Gasteiger partial charge is 0.271 e. The van der Waals surface area contributed by atoms with Crippen molar-refractivity contribution < 1.29 is 4.79 Å². The Morgan fingerprint density at radius 1 is 1.56 bits per heavy atom. The van der Waals surface area contributed by atoms with Gasteiger partial charge in [0.25, 0.3) is 5.91 Å². The Hall–Kier alpha value is -1.52. The van der Waals surface area contributed by atoms with Crippen LogP contribution in [0.5, 0.6) is 0 Å². The summed E-state index contributed by atoms with van der Waals surface area (Å²) in [6, 6.07) is 0. The lowest BCUT2D eigenvalue weighted by Crippen LogP contribution is -2.32. The van der Waals surface area contributed by atoms with E-state index in [0.717, 1.165) is 6.54 Å². The fourth-order valence-corrected chi connectivity index (χ4v) is 2.52. The van der Waals surface area contributed by atoms with Crippen molar-refractivity contribution in [1.82, 2.24) is 15.1 Å². The van der Waals surface area contributed by atoms with Crippen molar-refractivity contribution >= 4 is 11.6 Å². The minimum atomic E-state index is -0.113. The van der Waals surface area contributed by atoms with E-state index >= 15 is 0 Å². The molecular weight excluding hydrogens is 228 g/mol. The van der Waals surface area contributed by atoms with Gasteiger partial charge in [-0.3, -0.25) is 9.48 Å². The summed E-state index contributed by atoms with van der Waals surface area (Å²) in [5.41, 5.74) is 7.89. The van der Waals surface area contributed by atoms with Crippen LogP contribution in [0.25, 0.3) is 0 Å². The summed E-state index contributed by atoms with van der Waals surface area (Å²) in [4.78, 5) is 12.1. The number of nitrogens with zero attached hydrogens (tertiary/aromatic N) is 2. The Labute approximate surface area is 108 Å². The van der Waals surface area contributed by atoms with E-state index in [2.05, 4.69) is 17.3 Å². The lowest BCUT2D eigenvalue weighted by atomic mass is 10.0. The number of nitrogens with one attached hydrogen (secondary N) is 1. The highest BCUT2D eigenvalue weighted by atomic mass is 16.2. The maximum Gasteiger partial charge on any atom is 0.271 e. The van der Waals surface area contributed by atoms with Crippen molar-refractivity contribution in [1.29, 1.82) is 0 Å². The first-order valence-electron chi connectivity index (χ1n) is 6.56. The molecule has 1 fully saturated rings. The van der Waals surface area contributed by atoms with Crippen molar-refractivity contribution in [3.8, 4) is 0 Å². The summed E-state index contributed by atoms with van der Waals surface area (Å²) in [6.07, 6.45) is 4.80. The van der Waals surface area contributed by atoms with Crippen LogP contribution in [0.4, 0.5) is 5.69 Å². The minimum absolute atomic E-state index is 0.113. The molecule has 0 aliphatic heterocycles. The Balaban J connectivity index is 2.00. The topological polar surface area (TPSA) is 72.9 Å². The Morgan fingerprint density at radius 2 is 2.22 bits per heavy atom. The van der Waals surface area contributed by atoms with Gasteiger partial charge >= 0.3 is 0 Å². The third kappa shape index (κ3) is 2.35. The molecule has 0 atom stereocenters. The second-order valence-electron chi connectivity index (χ2n) is 5.40. The molecule has 1 aromatic rings. The molecule has 2 rings (SSSR count). The number of hydrogen-bond donors (Lipinski definition) is 2. The van der Waals surface area contributed by atoms with Crippen molar-refractivity contribution in [2.45, 2.75) is 39.5 Å². The first kappa shape index (κ1) is 12.9. The summed E-state index contributed by atoms with van der Waals surface area (Å²) in [7, 11) is 1.75. The number of amides is 1. The molecule has 5 nitrogen and oxygen atoms in total. The van der Waals surface area contributed by atoms with Gasteiger partial charge in [-0.25, -0.2) is 0 Å². The molecule has 0 radical (unpaired) electrons. The molecule has 0 spiro atoms. The number of nitrogen functional groups attached to an aromatic ring is 1. The Kier molecular flexibility index (Phi) is 3.32. The van der Waals surface area contributed by atoms with Gasteiger partial charge in [0.1, 0.15) is 5.69 Å². The summed E-state index contributed by atoms with van der Waals surface area (Å²) in [6.45, 7) is 4.75. The number of carbonyl (C=O) groups excluding carboxylic acids is 1. The first-order valence-corrected chi connectivity index (χ1v) is 6.56. The van der Waals surface area contributed by atoms with E-state index in [4.69, 9.17) is 5.73 Å². The summed E-state index contributed by atoms with van der Waals surface area (Å²) >= 11 is 0. The molecule has 0 bridgehead atoms. The molecule has 1 aromatic heterocycles. The van der Waals surface area contributed by atoms with Gasteiger partial charge in [0.05, 0.1) is 11.4 Å². The maximum absolute atomic E-state index is 12.1. The average molecular weight is 250 g/mol. The maximum atomic E-state index is 12.1. The molecule has 18 heavy (non-hydrogen) atoms. The molecule has 3 N–H and O–H groups in total. The fourth-order valence-electron chi connectivity index (χ4n) is 2.52. The van der Waals surface area contributed by atoms with E-state index in [1.807, 2.05) is 6.92 Å². The number of aryl methyl sites for hydroxylation is 2. The number of nitrogens with two attached hydrogens (primary N) is 1. The SMILES string of the molecule is CCCC1(CNC(=O)c2c(N)c(C)nn2C)CC1. The standard InChI is InChI=1S/C13H22N4O/c1-4-5-13(6-7-13)8-15-12(18)11-10(14)9(2)16-17(11)3/h4-8,14H2,1-3H3,(H,15,18). The molecule has 1 amide bonds. The van der Waals surface area contributed by atoms with Crippen molar-refractivity contribution in [3.05, 3.63) is 11.4 Å². The van der Waals surface area contributed by atoms with Crippen LogP contribution in [-0.4, -0.2) is 22.2 Å². The predicted octanol–water partition coefficient (Wildman–Crippen LogP) is 1.62. The van der Waals surface area contributed by atoms with Gasteiger partial charge < -0.3 is 11.1 Å². The number of anilines is 1. The second-order valence-corrected chi connectivity index (χ2v) is 5.40. The number of rotatable bonds is 5. The van der Waals surface area contributed by atoms with Crippen LogP contribution >= 0.6 is 0 Å². The zero-order chi connectivity index (χ0) is 13.3. The minimum Gasteiger partial charge on any atom is -0.395 e. The molecule has 0 unspecified atom stereocenters. The highest BCUT2D eigenvalue weighted by Gasteiger charge is 2.41. The normalized spacial score (nSPS) is 16.6. The van der Waals surface area contributed by atoms with Crippen LogP contribution in [0, 0.1) is 12.3 Å². The molecule has 1 saturated carbocycles. The monoisotopic (exact) mass is 250 g/mol. The van der Waals surface area contributed by atoms with Gasteiger partial charge in [0.2, 0.25) is 0 Å². The zero-order valence-electron chi connectivity index (χ0n) is 11.4. The molecule has 1 aliphatic rings. The van der Waals surface area contributed by atoms with E-state index < -0.39 is 0 Å². The molecule has 100 valence electrons. The summed E-state index contributed by atoms with van der Waals surface area (Å²) in [5.74, 6) is -0.113. The van der Waals surface area contributed by atoms with Crippen LogP contribution in [0.1, 0.15) is 48.8 Å². The second kappa shape index (κ2) is 4.63. The quantitative estimate of drug-likeness (QED) is 0.834. The fraction of sp³-hybridized carbons (Fsp3) is 0.692. The van der Waals surface area contributed by atoms with Gasteiger partial charge in [0, 0.05) is 13.6 Å². The molecule has 5 heteroatoms. The molecule has 0 saturated heterocycles. The first-order chi connectivity index (χ1) is 8.49.